The Hall–Kier alpha value is -6.73. The first-order valence-corrected chi connectivity index (χ1v) is 19.3. The molecule has 2 heterocycles. The van der Waals surface area contributed by atoms with Gasteiger partial charge in [0.2, 0.25) is 11.8 Å². The number of rotatable bonds is 21. The molecule has 4 atom stereocenters. The lowest BCUT2D eigenvalue weighted by Crippen LogP contribution is -2.51. The second-order valence-corrected chi connectivity index (χ2v) is 14.2. The van der Waals surface area contributed by atoms with E-state index in [0.29, 0.717) is 6.29 Å². The zero-order valence-electron chi connectivity index (χ0n) is 33.2. The number of aromatic amines is 2. The summed E-state index contributed by atoms with van der Waals surface area (Å²) in [7, 11) is 0. The summed E-state index contributed by atoms with van der Waals surface area (Å²) < 4.78 is 4.89. The number of nitrogens with zero attached hydrogens (tertiary/aromatic N) is 2. The molecule has 332 valence electrons. The SMILES string of the molecule is C.CC(=O)C[C@@H](C=O)NC(=O)[C@H](C)NC(=O)c1ncc(CCCc2ccccc2)[nH]1.C[C@H](NC(=O)c1ncc[nH]1)C(=O)N[C@@H](CC(=O)O)C(=O)COC(=O)c1c(Cl)cccc1Cl. The van der Waals surface area contributed by atoms with Crippen LogP contribution >= 0.6 is 23.2 Å². The number of benzene rings is 2. The first kappa shape index (κ1) is 51.4. The summed E-state index contributed by atoms with van der Waals surface area (Å²) in [5.41, 5.74) is 1.94. The minimum Gasteiger partial charge on any atom is -0.481 e. The summed E-state index contributed by atoms with van der Waals surface area (Å²) in [4.78, 5) is 120. The van der Waals surface area contributed by atoms with E-state index in [9.17, 15) is 43.2 Å². The number of aryl methyl sites for hydroxylation is 2. The zero-order valence-corrected chi connectivity index (χ0v) is 34.7. The topological polar surface area (TPSA) is 289 Å². The minimum atomic E-state index is -1.52. The number of carbonyl (C=O) groups is 9. The molecule has 0 aliphatic heterocycles. The predicted octanol–water partition coefficient (Wildman–Crippen LogP) is 3.22. The fourth-order valence-corrected chi connectivity index (χ4v) is 5.80. The first-order chi connectivity index (χ1) is 29.0. The fraction of sp³-hybridized carbons (Fsp3) is 0.341. The molecule has 0 aliphatic carbocycles. The average Bonchev–Trinajstić information content (AvgIpc) is 3.93. The van der Waals surface area contributed by atoms with E-state index in [1.54, 1.807) is 6.20 Å². The number of esters is 1. The summed E-state index contributed by atoms with van der Waals surface area (Å²) in [6.45, 7) is 3.32. The third-order valence-corrected chi connectivity index (χ3v) is 9.02. The van der Waals surface area contributed by atoms with Crippen LogP contribution in [0.4, 0.5) is 0 Å². The lowest BCUT2D eigenvalue weighted by Gasteiger charge is -2.19. The van der Waals surface area contributed by atoms with Crippen LogP contribution in [0.5, 0.6) is 0 Å². The molecule has 2 aromatic carbocycles. The van der Waals surface area contributed by atoms with Crippen molar-refractivity contribution in [1.82, 2.24) is 41.2 Å². The van der Waals surface area contributed by atoms with Crippen LogP contribution in [0.1, 0.15) is 90.3 Å². The number of ether oxygens (including phenoxy) is 1. The van der Waals surface area contributed by atoms with Gasteiger partial charge in [0.1, 0.15) is 30.2 Å². The Morgan fingerprint density at radius 3 is 1.98 bits per heavy atom. The van der Waals surface area contributed by atoms with Crippen molar-refractivity contribution in [2.45, 2.75) is 84.5 Å². The highest BCUT2D eigenvalue weighted by atomic mass is 35.5. The second kappa shape index (κ2) is 25.8. The maximum Gasteiger partial charge on any atom is 0.341 e. The van der Waals surface area contributed by atoms with Crippen LogP contribution in [-0.2, 0) is 46.3 Å². The zero-order chi connectivity index (χ0) is 45.1. The molecule has 0 saturated carbocycles. The van der Waals surface area contributed by atoms with Gasteiger partial charge in [0.15, 0.2) is 24.0 Å². The molecule has 4 amide bonds. The molecule has 0 unspecified atom stereocenters. The van der Waals surface area contributed by atoms with E-state index >= 15 is 0 Å². The minimum absolute atomic E-state index is 0. The second-order valence-electron chi connectivity index (χ2n) is 13.4. The van der Waals surface area contributed by atoms with Gasteiger partial charge in [-0.05, 0) is 57.7 Å². The van der Waals surface area contributed by atoms with E-state index in [0.717, 1.165) is 25.0 Å². The number of hydrogen-bond donors (Lipinski definition) is 7. The van der Waals surface area contributed by atoms with Crippen molar-refractivity contribution in [2.75, 3.05) is 6.61 Å². The molecule has 0 saturated heterocycles. The monoisotopic (exact) mass is 898 g/mol. The van der Waals surface area contributed by atoms with Gasteiger partial charge in [0.25, 0.3) is 11.8 Å². The van der Waals surface area contributed by atoms with Crippen LogP contribution in [0.25, 0.3) is 0 Å². The van der Waals surface area contributed by atoms with Crippen LogP contribution in [0, 0.1) is 0 Å². The fourth-order valence-electron chi connectivity index (χ4n) is 5.25. The van der Waals surface area contributed by atoms with Crippen LogP contribution in [0.3, 0.4) is 0 Å². The Labute approximate surface area is 366 Å². The van der Waals surface area contributed by atoms with Gasteiger partial charge in [-0.1, -0.05) is 67.0 Å². The molecule has 19 nitrogen and oxygen atoms in total. The lowest BCUT2D eigenvalue weighted by atomic mass is 10.1. The third-order valence-electron chi connectivity index (χ3n) is 8.39. The highest BCUT2D eigenvalue weighted by molar-refractivity contribution is 6.39. The molecular formula is C41H48Cl2N8O11. The summed E-state index contributed by atoms with van der Waals surface area (Å²) in [5, 5.41) is 18.6. The normalized spacial score (nSPS) is 12.3. The summed E-state index contributed by atoms with van der Waals surface area (Å²) >= 11 is 11.8. The van der Waals surface area contributed by atoms with Crippen molar-refractivity contribution in [1.29, 1.82) is 0 Å². The van der Waals surface area contributed by atoms with Crippen molar-refractivity contribution in [3.05, 3.63) is 106 Å². The first-order valence-electron chi connectivity index (χ1n) is 18.6. The number of carboxylic acid groups (broad SMARTS) is 1. The molecule has 2 aromatic heterocycles. The Morgan fingerprint density at radius 1 is 0.806 bits per heavy atom. The molecule has 0 aliphatic rings. The Kier molecular flexibility index (Phi) is 21.4. The summed E-state index contributed by atoms with van der Waals surface area (Å²) in [5.74, 6) is -5.96. The van der Waals surface area contributed by atoms with E-state index in [-0.39, 0.29) is 46.9 Å². The molecule has 21 heteroatoms. The Morgan fingerprint density at radius 2 is 1.42 bits per heavy atom. The van der Waals surface area contributed by atoms with Gasteiger partial charge in [0.05, 0.1) is 28.1 Å². The lowest BCUT2D eigenvalue weighted by molar-refractivity contribution is -0.140. The van der Waals surface area contributed by atoms with Gasteiger partial charge in [-0.15, -0.1) is 0 Å². The molecule has 62 heavy (non-hydrogen) atoms. The van der Waals surface area contributed by atoms with Crippen LogP contribution in [0.15, 0.2) is 67.1 Å². The Balaban J connectivity index is 0.000000422. The molecule has 0 bridgehead atoms. The summed E-state index contributed by atoms with van der Waals surface area (Å²) in [6.07, 6.45) is 6.61. The standard InChI is InChI=1S/C21H26N4O4.C19H18Cl2N4O7.CH4/c1-14(27)11-18(13-26)25-20(28)15(2)23-21(29)19-22-12-17(24-19)10-6-9-16-7-4-3-5-8-16;1-9(24-18(30)16-22-5-6-23-16)17(29)25-12(7-14(27)28)13(26)8-32-19(31)15-10(20)3-2-4-11(15)21;/h3-5,7-8,12-13,15,18H,6,9-11H2,1-2H3,(H,22,24)(H,23,29)(H,25,28);2-6,9,12H,7-8H2,1H3,(H,22,23)(H,24,30)(H,25,29)(H,27,28);1H4/t15-,18-;9-,12-;/m00./s1. The maximum absolute atomic E-state index is 12.4. The quantitative estimate of drug-likeness (QED) is 0.0468. The third kappa shape index (κ3) is 17.1. The average molecular weight is 900 g/mol. The summed E-state index contributed by atoms with van der Waals surface area (Å²) in [6, 6.07) is 10.0. The molecular weight excluding hydrogens is 851 g/mol. The van der Waals surface area contributed by atoms with Gasteiger partial charge >= 0.3 is 11.9 Å². The molecule has 7 N–H and O–H groups in total. The van der Waals surface area contributed by atoms with Gasteiger partial charge in [-0.25, -0.2) is 14.8 Å². The van der Waals surface area contributed by atoms with Crippen molar-refractivity contribution in [3.8, 4) is 0 Å². The highest BCUT2D eigenvalue weighted by Crippen LogP contribution is 2.25. The van der Waals surface area contributed by atoms with Crippen LogP contribution < -0.4 is 21.3 Å². The number of carbonyl (C=O) groups excluding carboxylic acids is 8. The van der Waals surface area contributed by atoms with E-state index in [1.807, 2.05) is 18.2 Å². The van der Waals surface area contributed by atoms with Crippen molar-refractivity contribution >= 4 is 76.6 Å². The number of hydrogen-bond acceptors (Lipinski definition) is 12. The Bertz CT molecular complexity index is 2160. The molecule has 0 radical (unpaired) electrons. The van der Waals surface area contributed by atoms with Crippen molar-refractivity contribution in [2.24, 2.45) is 0 Å². The smallest absolute Gasteiger partial charge is 0.341 e. The number of carboxylic acids is 1. The number of nitrogens with one attached hydrogen (secondary N) is 6. The molecule has 4 aromatic rings. The van der Waals surface area contributed by atoms with Gasteiger partial charge in [-0.3, -0.25) is 33.6 Å². The van der Waals surface area contributed by atoms with Crippen LogP contribution in [-0.4, -0.2) is 109 Å². The highest BCUT2D eigenvalue weighted by Gasteiger charge is 2.28. The van der Waals surface area contributed by atoms with E-state index in [2.05, 4.69) is 53.3 Å². The molecule has 0 fully saturated rings. The predicted molar refractivity (Wildman–Crippen MR) is 225 cm³/mol. The number of imidazole rings is 2. The van der Waals surface area contributed by atoms with Gasteiger partial charge in [0, 0.05) is 30.7 Å². The van der Waals surface area contributed by atoms with Crippen LogP contribution in [0.2, 0.25) is 10.0 Å². The molecule has 0 spiro atoms. The molecule has 4 rings (SSSR count). The van der Waals surface area contributed by atoms with E-state index in [1.165, 1.54) is 56.9 Å². The number of aliphatic carboxylic acids is 1. The largest absolute Gasteiger partial charge is 0.481 e. The number of H-pyrrole nitrogens is 2. The number of halogens is 2. The van der Waals surface area contributed by atoms with Gasteiger partial charge < -0.3 is 45.9 Å². The van der Waals surface area contributed by atoms with Crippen molar-refractivity contribution in [3.63, 3.8) is 0 Å². The van der Waals surface area contributed by atoms with Gasteiger partial charge in [-0.2, -0.15) is 0 Å². The number of amides is 4. The number of ketones is 2. The number of aromatic nitrogens is 4. The van der Waals surface area contributed by atoms with Crippen molar-refractivity contribution < 1.29 is 53.0 Å². The van der Waals surface area contributed by atoms with E-state index < -0.39 is 78.5 Å². The number of aldehydes is 1. The number of Topliss-reactive ketones (excluding diaryl/α,β-unsaturated/α-hetero) is 2. The van der Waals surface area contributed by atoms with E-state index in [4.69, 9.17) is 33.0 Å². The maximum atomic E-state index is 12.4.